The number of nitrogens with zero attached hydrogens (tertiary/aromatic N) is 5. The Morgan fingerprint density at radius 3 is 3.05 bits per heavy atom. The molecule has 1 aliphatic heterocycles. The van der Waals surface area contributed by atoms with Gasteiger partial charge >= 0.3 is 0 Å². The van der Waals surface area contributed by atoms with Gasteiger partial charge in [0.15, 0.2) is 5.82 Å². The molecule has 0 bridgehead atoms. The Morgan fingerprint density at radius 1 is 1.32 bits per heavy atom. The normalized spacial score (nSPS) is 14.4. The van der Waals surface area contributed by atoms with Crippen molar-refractivity contribution in [2.45, 2.75) is 45.7 Å². The third kappa shape index (κ3) is 2.34. The van der Waals surface area contributed by atoms with Crippen molar-refractivity contribution >= 4 is 5.69 Å². The lowest BCUT2D eigenvalue weighted by Crippen LogP contribution is -2.15. The summed E-state index contributed by atoms with van der Waals surface area (Å²) in [6.07, 6.45) is 6.47. The lowest BCUT2D eigenvalue weighted by atomic mass is 10.2. The number of hydrogen-bond donors (Lipinski definition) is 1. The van der Waals surface area contributed by atoms with Gasteiger partial charge in [-0.15, -0.1) is 10.2 Å². The van der Waals surface area contributed by atoms with Gasteiger partial charge in [0.25, 0.3) is 0 Å². The predicted molar refractivity (Wildman–Crippen MR) is 72.9 cm³/mol. The first-order chi connectivity index (χ1) is 9.28. The van der Waals surface area contributed by atoms with Crippen molar-refractivity contribution in [1.82, 2.24) is 24.5 Å². The van der Waals surface area contributed by atoms with Gasteiger partial charge in [0.05, 0.1) is 17.9 Å². The fourth-order valence-electron chi connectivity index (χ4n) is 2.62. The van der Waals surface area contributed by atoms with Gasteiger partial charge in [-0.2, -0.15) is 5.10 Å². The summed E-state index contributed by atoms with van der Waals surface area (Å²) in [5, 5.41) is 16.4. The molecule has 19 heavy (non-hydrogen) atoms. The Morgan fingerprint density at radius 2 is 2.21 bits per heavy atom. The average Bonchev–Trinajstić information content (AvgIpc) is 2.99. The van der Waals surface area contributed by atoms with Crippen LogP contribution in [0.1, 0.15) is 37.1 Å². The van der Waals surface area contributed by atoms with Crippen molar-refractivity contribution in [3.8, 4) is 0 Å². The van der Waals surface area contributed by atoms with Crippen LogP contribution in [0, 0.1) is 0 Å². The fraction of sp³-hybridized carbons (Fsp3) is 0.615. The number of aryl methyl sites for hydroxylation is 3. The quantitative estimate of drug-likeness (QED) is 0.905. The Hall–Kier alpha value is -1.85. The minimum absolute atomic E-state index is 0.714. The zero-order chi connectivity index (χ0) is 13.2. The molecule has 0 aliphatic carbocycles. The van der Waals surface area contributed by atoms with E-state index in [9.17, 15) is 0 Å². The lowest BCUT2D eigenvalue weighted by molar-refractivity contribution is 0.510. The molecule has 6 heteroatoms. The molecule has 0 atom stereocenters. The van der Waals surface area contributed by atoms with E-state index in [1.807, 2.05) is 17.9 Å². The Kier molecular flexibility index (Phi) is 3.23. The molecule has 0 fully saturated rings. The molecule has 0 unspecified atom stereocenters. The first kappa shape index (κ1) is 12.2. The number of nitrogens with one attached hydrogen (secondary N) is 1. The molecule has 0 amide bonds. The number of aromatic nitrogens is 5. The summed E-state index contributed by atoms with van der Waals surface area (Å²) in [4.78, 5) is 0. The maximum atomic E-state index is 4.43. The van der Waals surface area contributed by atoms with Crippen LogP contribution in [0.2, 0.25) is 0 Å². The van der Waals surface area contributed by atoms with Crippen molar-refractivity contribution in [3.05, 3.63) is 23.5 Å². The van der Waals surface area contributed by atoms with E-state index in [1.54, 1.807) is 0 Å². The van der Waals surface area contributed by atoms with Crippen molar-refractivity contribution in [2.24, 2.45) is 7.05 Å². The molecule has 0 spiro atoms. The lowest BCUT2D eigenvalue weighted by Gasteiger charge is -2.15. The van der Waals surface area contributed by atoms with E-state index in [-0.39, 0.29) is 0 Å². The summed E-state index contributed by atoms with van der Waals surface area (Å²) in [6, 6.07) is 0. The molecule has 0 saturated heterocycles. The van der Waals surface area contributed by atoms with Crippen molar-refractivity contribution in [1.29, 1.82) is 0 Å². The minimum Gasteiger partial charge on any atom is -0.375 e. The number of fused-ring (bicyclic) bond motifs is 1. The van der Waals surface area contributed by atoms with Gasteiger partial charge < -0.3 is 9.88 Å². The number of anilines is 1. The highest BCUT2D eigenvalue weighted by atomic mass is 15.3. The second kappa shape index (κ2) is 5.03. The Bertz CT molecular complexity index is 568. The molecular formula is C13H20N6. The third-order valence-corrected chi connectivity index (χ3v) is 3.61. The summed E-state index contributed by atoms with van der Waals surface area (Å²) in [5.41, 5.74) is 2.19. The van der Waals surface area contributed by atoms with Crippen molar-refractivity contribution < 1.29 is 0 Å². The van der Waals surface area contributed by atoms with E-state index in [4.69, 9.17) is 0 Å². The van der Waals surface area contributed by atoms with Gasteiger partial charge in [0.2, 0.25) is 0 Å². The van der Waals surface area contributed by atoms with Crippen LogP contribution in [0.3, 0.4) is 0 Å². The summed E-state index contributed by atoms with van der Waals surface area (Å²) in [5.74, 6) is 2.16. The van der Waals surface area contributed by atoms with Gasteiger partial charge in [-0.1, -0.05) is 6.92 Å². The largest absolute Gasteiger partial charge is 0.375 e. The van der Waals surface area contributed by atoms with E-state index < -0.39 is 0 Å². The highest BCUT2D eigenvalue weighted by Crippen LogP contribution is 2.17. The van der Waals surface area contributed by atoms with Crippen molar-refractivity contribution in [3.63, 3.8) is 0 Å². The van der Waals surface area contributed by atoms with Gasteiger partial charge in [-0.25, -0.2) is 0 Å². The summed E-state index contributed by atoms with van der Waals surface area (Å²) in [7, 11) is 1.95. The Balaban J connectivity index is 1.73. The maximum absolute atomic E-state index is 4.43. The van der Waals surface area contributed by atoms with Crippen LogP contribution in [0.4, 0.5) is 5.69 Å². The van der Waals surface area contributed by atoms with E-state index in [0.717, 1.165) is 42.4 Å². The third-order valence-electron chi connectivity index (χ3n) is 3.61. The average molecular weight is 260 g/mol. The molecule has 2 aromatic heterocycles. The van der Waals surface area contributed by atoms with Crippen molar-refractivity contribution in [2.75, 3.05) is 5.32 Å². The second-order valence-electron chi connectivity index (χ2n) is 5.01. The number of rotatable bonds is 4. The molecule has 3 rings (SSSR count). The van der Waals surface area contributed by atoms with E-state index in [0.29, 0.717) is 6.54 Å². The Labute approximate surface area is 112 Å². The molecule has 1 N–H and O–H groups in total. The molecule has 0 aromatic carbocycles. The predicted octanol–water partition coefficient (Wildman–Crippen LogP) is 1.52. The van der Waals surface area contributed by atoms with Crippen LogP contribution in [0.15, 0.2) is 6.20 Å². The second-order valence-corrected chi connectivity index (χ2v) is 5.01. The van der Waals surface area contributed by atoms with Crippen LogP contribution in [-0.2, 0) is 33.0 Å². The van der Waals surface area contributed by atoms with Gasteiger partial charge in [-0.05, 0) is 19.3 Å². The standard InChI is InChI=1S/C13H20N6/c1-3-10-11(9-18(2)17-10)14-8-13-16-15-12-6-4-5-7-19(12)13/h9,14H,3-8H2,1-2H3. The molecule has 3 heterocycles. The van der Waals surface area contributed by atoms with Gasteiger partial charge in [0, 0.05) is 26.2 Å². The topological polar surface area (TPSA) is 60.6 Å². The zero-order valence-electron chi connectivity index (χ0n) is 11.6. The van der Waals surface area contributed by atoms with Crippen LogP contribution in [-0.4, -0.2) is 24.5 Å². The first-order valence-electron chi connectivity index (χ1n) is 6.95. The minimum atomic E-state index is 0.714. The monoisotopic (exact) mass is 260 g/mol. The molecule has 6 nitrogen and oxygen atoms in total. The molecule has 2 aromatic rings. The van der Waals surface area contributed by atoms with E-state index >= 15 is 0 Å². The zero-order valence-corrected chi connectivity index (χ0v) is 11.6. The van der Waals surface area contributed by atoms with E-state index in [2.05, 4.69) is 32.1 Å². The summed E-state index contributed by atoms with van der Waals surface area (Å²) >= 11 is 0. The molecular weight excluding hydrogens is 240 g/mol. The highest BCUT2D eigenvalue weighted by Gasteiger charge is 2.15. The summed E-state index contributed by atoms with van der Waals surface area (Å²) in [6.45, 7) is 3.88. The van der Waals surface area contributed by atoms with Crippen LogP contribution >= 0.6 is 0 Å². The van der Waals surface area contributed by atoms with Crippen LogP contribution in [0.5, 0.6) is 0 Å². The smallest absolute Gasteiger partial charge is 0.152 e. The molecule has 0 saturated carbocycles. The molecule has 0 radical (unpaired) electrons. The molecule has 102 valence electrons. The van der Waals surface area contributed by atoms with Gasteiger partial charge in [0.1, 0.15) is 5.82 Å². The fourth-order valence-corrected chi connectivity index (χ4v) is 2.62. The highest BCUT2D eigenvalue weighted by molar-refractivity contribution is 5.46. The molecule has 1 aliphatic rings. The van der Waals surface area contributed by atoms with Crippen LogP contribution < -0.4 is 5.32 Å². The van der Waals surface area contributed by atoms with Crippen LogP contribution in [0.25, 0.3) is 0 Å². The SMILES string of the molecule is CCc1nn(C)cc1NCc1nnc2n1CCCC2. The number of hydrogen-bond acceptors (Lipinski definition) is 4. The van der Waals surface area contributed by atoms with Gasteiger partial charge in [-0.3, -0.25) is 4.68 Å². The summed E-state index contributed by atoms with van der Waals surface area (Å²) < 4.78 is 4.10. The first-order valence-corrected chi connectivity index (χ1v) is 6.95. The maximum Gasteiger partial charge on any atom is 0.152 e. The van der Waals surface area contributed by atoms with E-state index in [1.165, 1.54) is 12.8 Å².